The quantitative estimate of drug-likeness (QED) is 0.393. The summed E-state index contributed by atoms with van der Waals surface area (Å²) >= 11 is 1.39. The first kappa shape index (κ1) is 17.2. The van der Waals surface area contributed by atoms with Crippen molar-refractivity contribution in [2.45, 2.75) is 11.6 Å². The van der Waals surface area contributed by atoms with Gasteiger partial charge < -0.3 is 4.74 Å². The first-order valence-corrected chi connectivity index (χ1v) is 9.29. The topological polar surface area (TPSA) is 74.1 Å². The van der Waals surface area contributed by atoms with E-state index in [1.165, 1.54) is 11.8 Å². The molecule has 4 aromatic rings. The highest BCUT2D eigenvalue weighted by Gasteiger charge is 2.09. The zero-order valence-corrected chi connectivity index (χ0v) is 15.1. The van der Waals surface area contributed by atoms with Gasteiger partial charge in [-0.3, -0.25) is 9.59 Å². The summed E-state index contributed by atoms with van der Waals surface area (Å²) in [4.78, 5) is 25.3. The van der Waals surface area contributed by atoms with E-state index < -0.39 is 5.97 Å². The molecule has 134 valence electrons. The third-order valence-electron chi connectivity index (χ3n) is 4.05. The van der Waals surface area contributed by atoms with Crippen LogP contribution in [0.1, 0.15) is 0 Å². The van der Waals surface area contributed by atoms with E-state index >= 15 is 0 Å². The Hall–Kier alpha value is -3.19. The van der Waals surface area contributed by atoms with Gasteiger partial charge in [0.05, 0.1) is 11.1 Å². The zero-order valence-electron chi connectivity index (χ0n) is 14.2. The molecule has 0 aliphatic heterocycles. The second-order valence-corrected chi connectivity index (χ2v) is 6.90. The average molecular weight is 377 g/mol. The van der Waals surface area contributed by atoms with Crippen LogP contribution in [0.5, 0.6) is 0 Å². The van der Waals surface area contributed by atoms with Crippen LogP contribution in [0.25, 0.3) is 21.7 Å². The van der Waals surface area contributed by atoms with Crippen molar-refractivity contribution < 1.29 is 9.53 Å². The number of rotatable bonds is 5. The van der Waals surface area contributed by atoms with Gasteiger partial charge in [0.25, 0.3) is 5.56 Å². The third kappa shape index (κ3) is 3.83. The Balaban J connectivity index is 1.38. The van der Waals surface area contributed by atoms with Gasteiger partial charge in [-0.25, -0.2) is 0 Å². The predicted molar refractivity (Wildman–Crippen MR) is 105 cm³/mol. The first-order chi connectivity index (χ1) is 13.2. The maximum atomic E-state index is 12.3. The maximum Gasteiger partial charge on any atom is 0.318 e. The van der Waals surface area contributed by atoms with Crippen molar-refractivity contribution in [2.24, 2.45) is 0 Å². The van der Waals surface area contributed by atoms with E-state index in [0.717, 1.165) is 20.3 Å². The van der Waals surface area contributed by atoms with E-state index in [1.54, 1.807) is 24.3 Å². The Labute approximate surface area is 158 Å². The molecule has 4 rings (SSSR count). The van der Waals surface area contributed by atoms with Crippen molar-refractivity contribution >= 4 is 39.4 Å². The second-order valence-electron chi connectivity index (χ2n) is 5.85. The first-order valence-electron chi connectivity index (χ1n) is 8.30. The van der Waals surface area contributed by atoms with Gasteiger partial charge in [-0.2, -0.15) is 4.68 Å². The molecule has 0 bridgehead atoms. The average Bonchev–Trinajstić information content (AvgIpc) is 2.72. The lowest BCUT2D eigenvalue weighted by atomic mass is 10.1. The van der Waals surface area contributed by atoms with E-state index in [0.29, 0.717) is 10.9 Å². The van der Waals surface area contributed by atoms with Gasteiger partial charge in [0.15, 0.2) is 6.73 Å². The number of fused-ring (bicyclic) bond motifs is 2. The molecular weight excluding hydrogens is 362 g/mol. The van der Waals surface area contributed by atoms with Crippen LogP contribution in [0, 0.1) is 0 Å². The van der Waals surface area contributed by atoms with Crippen molar-refractivity contribution in [2.75, 3.05) is 5.75 Å². The molecule has 0 saturated heterocycles. The van der Waals surface area contributed by atoms with E-state index in [9.17, 15) is 9.59 Å². The summed E-state index contributed by atoms with van der Waals surface area (Å²) in [5.74, 6) is -0.274. The summed E-state index contributed by atoms with van der Waals surface area (Å²) < 4.78 is 6.21. The molecule has 0 atom stereocenters. The van der Waals surface area contributed by atoms with E-state index in [-0.39, 0.29) is 18.0 Å². The maximum absolute atomic E-state index is 12.3. The number of carbonyl (C=O) groups excluding carboxylic acids is 1. The number of esters is 1. The van der Waals surface area contributed by atoms with Crippen LogP contribution in [0.2, 0.25) is 0 Å². The SMILES string of the molecule is O=C(CSc1ccc2ccccc2c1)OCn1nnc2ccccc2c1=O. The number of hydrogen-bond acceptors (Lipinski definition) is 6. The molecule has 0 radical (unpaired) electrons. The Morgan fingerprint density at radius 2 is 1.78 bits per heavy atom. The van der Waals surface area contributed by atoms with Gasteiger partial charge in [0.2, 0.25) is 0 Å². The minimum Gasteiger partial charge on any atom is -0.441 e. The van der Waals surface area contributed by atoms with Crippen molar-refractivity contribution in [3.8, 4) is 0 Å². The number of nitrogens with zero attached hydrogens (tertiary/aromatic N) is 3. The van der Waals surface area contributed by atoms with Gasteiger partial charge in [-0.05, 0) is 35.0 Å². The minimum atomic E-state index is -0.421. The number of benzene rings is 3. The number of carbonyl (C=O) groups is 1. The molecule has 1 aromatic heterocycles. The molecule has 3 aromatic carbocycles. The van der Waals surface area contributed by atoms with Crippen LogP contribution < -0.4 is 5.56 Å². The van der Waals surface area contributed by atoms with Crippen molar-refractivity contribution in [1.29, 1.82) is 0 Å². The molecular formula is C20H15N3O3S. The summed E-state index contributed by atoms with van der Waals surface area (Å²) in [6, 6.07) is 21.0. The largest absolute Gasteiger partial charge is 0.441 e. The molecule has 0 saturated carbocycles. The Kier molecular flexibility index (Phi) is 4.84. The lowest BCUT2D eigenvalue weighted by Gasteiger charge is -2.07. The number of hydrogen-bond donors (Lipinski definition) is 0. The van der Waals surface area contributed by atoms with Crippen molar-refractivity contribution in [3.63, 3.8) is 0 Å². The number of ether oxygens (including phenoxy) is 1. The van der Waals surface area contributed by atoms with Crippen LogP contribution in [-0.4, -0.2) is 26.7 Å². The molecule has 0 N–H and O–H groups in total. The number of thioether (sulfide) groups is 1. The second kappa shape index (κ2) is 7.59. The third-order valence-corrected chi connectivity index (χ3v) is 5.02. The minimum absolute atomic E-state index is 0.147. The highest BCUT2D eigenvalue weighted by atomic mass is 32.2. The van der Waals surface area contributed by atoms with E-state index in [4.69, 9.17) is 4.74 Å². The van der Waals surface area contributed by atoms with Crippen LogP contribution in [0.4, 0.5) is 0 Å². The fourth-order valence-electron chi connectivity index (χ4n) is 2.68. The fourth-order valence-corrected chi connectivity index (χ4v) is 3.42. The van der Waals surface area contributed by atoms with Crippen LogP contribution in [0.15, 0.2) is 76.4 Å². The van der Waals surface area contributed by atoms with Crippen LogP contribution >= 0.6 is 11.8 Å². The van der Waals surface area contributed by atoms with Crippen LogP contribution in [0.3, 0.4) is 0 Å². The zero-order chi connectivity index (χ0) is 18.6. The highest BCUT2D eigenvalue weighted by molar-refractivity contribution is 8.00. The number of aromatic nitrogens is 3. The molecule has 0 spiro atoms. The lowest BCUT2D eigenvalue weighted by molar-refractivity contribution is -0.144. The molecule has 7 heteroatoms. The Morgan fingerprint density at radius 1 is 1.00 bits per heavy atom. The van der Waals surface area contributed by atoms with Gasteiger partial charge in [0.1, 0.15) is 5.52 Å². The molecule has 27 heavy (non-hydrogen) atoms. The standard InChI is InChI=1S/C20H15N3O3S/c24-19(12-27-16-10-9-14-5-1-2-6-15(14)11-16)26-13-23-20(25)17-7-3-4-8-18(17)21-22-23/h1-11H,12-13H2. The summed E-state index contributed by atoms with van der Waals surface area (Å²) in [7, 11) is 0. The molecule has 0 amide bonds. The summed E-state index contributed by atoms with van der Waals surface area (Å²) in [6.07, 6.45) is 0. The highest BCUT2D eigenvalue weighted by Crippen LogP contribution is 2.23. The lowest BCUT2D eigenvalue weighted by Crippen LogP contribution is -2.26. The smallest absolute Gasteiger partial charge is 0.318 e. The molecule has 1 heterocycles. The Bertz CT molecular complexity index is 1190. The summed E-state index contributed by atoms with van der Waals surface area (Å²) in [5.41, 5.74) is 0.174. The molecule has 0 unspecified atom stereocenters. The molecule has 6 nitrogen and oxygen atoms in total. The van der Waals surface area contributed by atoms with Crippen molar-refractivity contribution in [3.05, 3.63) is 77.1 Å². The monoisotopic (exact) mass is 377 g/mol. The van der Waals surface area contributed by atoms with E-state index in [1.807, 2.05) is 42.5 Å². The molecule has 0 aliphatic rings. The summed E-state index contributed by atoms with van der Waals surface area (Å²) in [6.45, 7) is -0.256. The van der Waals surface area contributed by atoms with Crippen LogP contribution in [-0.2, 0) is 16.3 Å². The van der Waals surface area contributed by atoms with Gasteiger partial charge in [0, 0.05) is 4.90 Å². The normalized spacial score (nSPS) is 11.0. The fraction of sp³-hybridized carbons (Fsp3) is 0.100. The predicted octanol–water partition coefficient (Wildman–Crippen LogP) is 3.24. The summed E-state index contributed by atoms with van der Waals surface area (Å²) in [5, 5.41) is 10.5. The Morgan fingerprint density at radius 3 is 2.67 bits per heavy atom. The van der Waals surface area contributed by atoms with Gasteiger partial charge in [-0.15, -0.1) is 16.9 Å². The van der Waals surface area contributed by atoms with Crippen molar-refractivity contribution in [1.82, 2.24) is 15.0 Å². The van der Waals surface area contributed by atoms with E-state index in [2.05, 4.69) is 10.3 Å². The molecule has 0 fully saturated rings. The van der Waals surface area contributed by atoms with Gasteiger partial charge >= 0.3 is 5.97 Å². The van der Waals surface area contributed by atoms with Gasteiger partial charge in [-0.1, -0.05) is 47.7 Å². The molecule has 0 aliphatic carbocycles.